The summed E-state index contributed by atoms with van der Waals surface area (Å²) in [5.74, 6) is 0.747. The van der Waals surface area contributed by atoms with Crippen LogP contribution in [0.2, 0.25) is 0 Å². The number of nitrogens with one attached hydrogen (secondary N) is 1. The van der Waals surface area contributed by atoms with E-state index in [2.05, 4.69) is 16.6 Å². The highest BCUT2D eigenvalue weighted by atomic mass is 32.2. The Hall–Kier alpha value is -2.01. The lowest BCUT2D eigenvalue weighted by Gasteiger charge is -2.10. The first-order valence-corrected chi connectivity index (χ1v) is 7.28. The van der Waals surface area contributed by atoms with Gasteiger partial charge < -0.3 is 9.72 Å². The van der Waals surface area contributed by atoms with Gasteiger partial charge in [-0.3, -0.25) is 4.79 Å². The Labute approximate surface area is 121 Å². The second-order valence-corrected chi connectivity index (χ2v) is 4.98. The van der Waals surface area contributed by atoms with Gasteiger partial charge in [-0.25, -0.2) is 4.99 Å². The Balaban J connectivity index is 2.78. The number of aromatic nitrogens is 1. The molecule has 5 heteroatoms. The second kappa shape index (κ2) is 5.96. The summed E-state index contributed by atoms with van der Waals surface area (Å²) in [4.78, 5) is 19.7. The lowest BCUT2D eigenvalue weighted by atomic mass is 10.1. The number of benzene rings is 1. The van der Waals surface area contributed by atoms with Gasteiger partial charge in [0.15, 0.2) is 5.43 Å². The Kier molecular flexibility index (Phi) is 4.29. The minimum atomic E-state index is -0.0367. The van der Waals surface area contributed by atoms with Gasteiger partial charge in [0.25, 0.3) is 0 Å². The van der Waals surface area contributed by atoms with Gasteiger partial charge in [-0.15, -0.1) is 11.8 Å². The number of hydrogen-bond acceptors (Lipinski definition) is 4. The minimum absolute atomic E-state index is 0.0367. The molecule has 0 radical (unpaired) electrons. The van der Waals surface area contributed by atoms with Crippen molar-refractivity contribution in [1.29, 1.82) is 0 Å². The summed E-state index contributed by atoms with van der Waals surface area (Å²) in [7, 11) is 1.61. The van der Waals surface area contributed by atoms with Gasteiger partial charge in [-0.1, -0.05) is 6.58 Å². The van der Waals surface area contributed by atoms with E-state index >= 15 is 0 Å². The summed E-state index contributed by atoms with van der Waals surface area (Å²) >= 11 is 1.46. The predicted molar refractivity (Wildman–Crippen MR) is 86.1 cm³/mol. The monoisotopic (exact) mass is 288 g/mol. The lowest BCUT2D eigenvalue weighted by Crippen LogP contribution is -2.09. The largest absolute Gasteiger partial charge is 0.496 e. The van der Waals surface area contributed by atoms with Crippen molar-refractivity contribution in [3.8, 4) is 5.75 Å². The number of methoxy groups -OCH3 is 1. The zero-order chi connectivity index (χ0) is 14.7. The molecule has 0 spiro atoms. The van der Waals surface area contributed by atoms with Gasteiger partial charge in [0.2, 0.25) is 0 Å². The predicted octanol–water partition coefficient (Wildman–Crippen LogP) is 3.10. The SMILES string of the molecule is C=CN=C(SC)c1cc(=O)c2ccc(OC)c(C)c2[nH]1. The molecule has 2 rings (SSSR count). The zero-order valence-electron chi connectivity index (χ0n) is 11.7. The first kappa shape index (κ1) is 14.4. The number of aryl methyl sites for hydroxylation is 1. The van der Waals surface area contributed by atoms with Crippen molar-refractivity contribution in [2.75, 3.05) is 13.4 Å². The molecule has 20 heavy (non-hydrogen) atoms. The van der Waals surface area contributed by atoms with Gasteiger partial charge in [-0.05, 0) is 25.3 Å². The molecule has 0 atom stereocenters. The molecule has 2 aromatic rings. The highest BCUT2D eigenvalue weighted by Crippen LogP contribution is 2.24. The maximum atomic E-state index is 12.2. The third-order valence-corrected chi connectivity index (χ3v) is 3.78. The van der Waals surface area contributed by atoms with Crippen molar-refractivity contribution >= 4 is 27.7 Å². The van der Waals surface area contributed by atoms with E-state index in [9.17, 15) is 4.79 Å². The molecule has 0 amide bonds. The summed E-state index contributed by atoms with van der Waals surface area (Å²) < 4.78 is 5.29. The molecular formula is C15H16N2O2S. The fourth-order valence-corrected chi connectivity index (χ4v) is 2.60. The molecule has 0 fully saturated rings. The van der Waals surface area contributed by atoms with Crippen molar-refractivity contribution in [2.45, 2.75) is 6.92 Å². The van der Waals surface area contributed by atoms with Crippen molar-refractivity contribution in [3.63, 3.8) is 0 Å². The van der Waals surface area contributed by atoms with Gasteiger partial charge in [0.1, 0.15) is 10.8 Å². The summed E-state index contributed by atoms with van der Waals surface area (Å²) in [5.41, 5.74) is 2.33. The number of H-pyrrole nitrogens is 1. The third kappa shape index (κ3) is 2.49. The van der Waals surface area contributed by atoms with Gasteiger partial charge in [0, 0.05) is 23.2 Å². The van der Waals surface area contributed by atoms with E-state index < -0.39 is 0 Å². The van der Waals surface area contributed by atoms with E-state index in [0.29, 0.717) is 11.1 Å². The molecular weight excluding hydrogens is 272 g/mol. The molecule has 0 aliphatic rings. The van der Waals surface area contributed by atoms with Crippen LogP contribution < -0.4 is 10.2 Å². The van der Waals surface area contributed by atoms with E-state index in [1.807, 2.05) is 13.2 Å². The number of ether oxygens (including phenoxy) is 1. The van der Waals surface area contributed by atoms with Crippen LogP contribution in [-0.4, -0.2) is 23.4 Å². The van der Waals surface area contributed by atoms with Gasteiger partial charge in [-0.2, -0.15) is 0 Å². The Morgan fingerprint density at radius 3 is 2.85 bits per heavy atom. The summed E-state index contributed by atoms with van der Waals surface area (Å²) in [6.45, 7) is 5.51. The molecule has 0 saturated heterocycles. The first-order chi connectivity index (χ1) is 9.62. The van der Waals surface area contributed by atoms with Crippen LogP contribution in [0.4, 0.5) is 0 Å². The first-order valence-electron chi connectivity index (χ1n) is 6.06. The van der Waals surface area contributed by atoms with Crippen molar-refractivity contribution in [3.05, 3.63) is 52.5 Å². The molecule has 0 aliphatic heterocycles. The normalized spacial score (nSPS) is 11.7. The smallest absolute Gasteiger partial charge is 0.190 e. The molecule has 0 unspecified atom stereocenters. The van der Waals surface area contributed by atoms with Crippen LogP contribution in [0.1, 0.15) is 11.3 Å². The molecule has 104 valence electrons. The lowest BCUT2D eigenvalue weighted by molar-refractivity contribution is 0.412. The van der Waals surface area contributed by atoms with E-state index in [1.54, 1.807) is 25.3 Å². The van der Waals surface area contributed by atoms with Crippen LogP contribution in [-0.2, 0) is 0 Å². The number of nitrogens with zero attached hydrogens (tertiary/aromatic N) is 1. The van der Waals surface area contributed by atoms with E-state index in [0.717, 1.165) is 21.9 Å². The number of hydrogen-bond donors (Lipinski definition) is 1. The molecule has 1 N–H and O–H groups in total. The van der Waals surface area contributed by atoms with Gasteiger partial charge in [0.05, 0.1) is 18.3 Å². The van der Waals surface area contributed by atoms with Crippen molar-refractivity contribution in [1.82, 2.24) is 4.98 Å². The number of aromatic amines is 1. The van der Waals surface area contributed by atoms with E-state index in [1.165, 1.54) is 18.0 Å². The summed E-state index contributed by atoms with van der Waals surface area (Å²) in [6, 6.07) is 5.14. The van der Waals surface area contributed by atoms with Crippen molar-refractivity contribution in [2.24, 2.45) is 4.99 Å². The van der Waals surface area contributed by atoms with E-state index in [4.69, 9.17) is 4.74 Å². The number of fused-ring (bicyclic) bond motifs is 1. The quantitative estimate of drug-likeness (QED) is 0.697. The second-order valence-electron chi connectivity index (χ2n) is 4.18. The molecule has 0 bridgehead atoms. The molecule has 1 aromatic carbocycles. The number of pyridine rings is 1. The summed E-state index contributed by atoms with van der Waals surface area (Å²) in [6.07, 6.45) is 3.37. The maximum Gasteiger partial charge on any atom is 0.190 e. The average Bonchev–Trinajstić information content (AvgIpc) is 2.45. The third-order valence-electron chi connectivity index (χ3n) is 3.07. The molecule has 4 nitrogen and oxygen atoms in total. The molecule has 1 heterocycles. The minimum Gasteiger partial charge on any atom is -0.496 e. The van der Waals surface area contributed by atoms with Crippen molar-refractivity contribution < 1.29 is 4.74 Å². The fraction of sp³-hybridized carbons (Fsp3) is 0.200. The summed E-state index contributed by atoms with van der Waals surface area (Å²) in [5, 5.41) is 1.37. The van der Waals surface area contributed by atoms with Gasteiger partial charge >= 0.3 is 0 Å². The Morgan fingerprint density at radius 1 is 1.50 bits per heavy atom. The van der Waals surface area contributed by atoms with Crippen LogP contribution in [0, 0.1) is 6.92 Å². The fourth-order valence-electron chi connectivity index (χ4n) is 2.09. The van der Waals surface area contributed by atoms with Crippen LogP contribution in [0.15, 0.2) is 40.8 Å². The maximum absolute atomic E-state index is 12.2. The number of rotatable bonds is 3. The molecule has 0 saturated carbocycles. The zero-order valence-corrected chi connectivity index (χ0v) is 12.5. The van der Waals surface area contributed by atoms with Crippen LogP contribution >= 0.6 is 11.8 Å². The average molecular weight is 288 g/mol. The van der Waals surface area contributed by atoms with Crippen LogP contribution in [0.25, 0.3) is 10.9 Å². The topological polar surface area (TPSA) is 54.4 Å². The van der Waals surface area contributed by atoms with E-state index in [-0.39, 0.29) is 5.43 Å². The molecule has 0 aliphatic carbocycles. The highest BCUT2D eigenvalue weighted by molar-refractivity contribution is 8.13. The highest BCUT2D eigenvalue weighted by Gasteiger charge is 2.11. The Bertz CT molecular complexity index is 747. The van der Waals surface area contributed by atoms with Crippen LogP contribution in [0.3, 0.4) is 0 Å². The number of thioether (sulfide) groups is 1. The number of aliphatic imine (C=N–C) groups is 1. The molecule has 1 aromatic heterocycles. The Morgan fingerprint density at radius 2 is 2.25 bits per heavy atom. The standard InChI is InChI=1S/C15H16N2O2S/c1-5-16-15(20-4)11-8-12(18)10-6-7-13(19-3)9(2)14(10)17-11/h5-8H,1H2,2-4H3,(H,17,18). The van der Waals surface area contributed by atoms with Crippen LogP contribution in [0.5, 0.6) is 5.75 Å².